The number of rotatable bonds is 4. The molecule has 4 atom stereocenters. The van der Waals surface area contributed by atoms with Gasteiger partial charge in [0.05, 0.1) is 4.92 Å². The standard InChI is InChI=1S/C15H21N3O2/c1-9-5-13(18(19)20)8-16-15(9)17-10(2)14-7-11-3-4-12(14)6-11/h5,8,10-12,14H,3-4,6-7H2,1-2H3,(H,16,17). The third kappa shape index (κ3) is 2.37. The lowest BCUT2D eigenvalue weighted by molar-refractivity contribution is -0.385. The molecule has 1 N–H and O–H groups in total. The van der Waals surface area contributed by atoms with Crippen LogP contribution in [0, 0.1) is 34.8 Å². The molecule has 0 saturated heterocycles. The lowest BCUT2D eigenvalue weighted by Gasteiger charge is -2.29. The minimum Gasteiger partial charge on any atom is -0.367 e. The summed E-state index contributed by atoms with van der Waals surface area (Å²) in [5.74, 6) is 3.30. The van der Waals surface area contributed by atoms with Gasteiger partial charge >= 0.3 is 0 Å². The molecule has 1 heterocycles. The van der Waals surface area contributed by atoms with E-state index in [-0.39, 0.29) is 5.69 Å². The first-order chi connectivity index (χ1) is 9.54. The number of nitrogens with zero attached hydrogens (tertiary/aromatic N) is 2. The number of hydrogen-bond acceptors (Lipinski definition) is 4. The number of aromatic nitrogens is 1. The van der Waals surface area contributed by atoms with Crippen molar-refractivity contribution < 1.29 is 4.92 Å². The van der Waals surface area contributed by atoms with E-state index in [0.717, 1.165) is 29.1 Å². The number of anilines is 1. The van der Waals surface area contributed by atoms with Gasteiger partial charge in [-0.25, -0.2) is 4.98 Å². The maximum atomic E-state index is 10.7. The van der Waals surface area contributed by atoms with Crippen LogP contribution >= 0.6 is 0 Å². The predicted octanol–water partition coefficient (Wildman–Crippen LogP) is 3.53. The maximum absolute atomic E-state index is 10.7. The highest BCUT2D eigenvalue weighted by Crippen LogP contribution is 2.49. The summed E-state index contributed by atoms with van der Waals surface area (Å²) in [4.78, 5) is 14.5. The first-order valence-electron chi connectivity index (χ1n) is 7.42. The van der Waals surface area contributed by atoms with Gasteiger partial charge in [0.1, 0.15) is 12.0 Å². The van der Waals surface area contributed by atoms with Gasteiger partial charge in [-0.3, -0.25) is 10.1 Å². The Morgan fingerprint density at radius 2 is 2.25 bits per heavy atom. The number of nitro groups is 1. The van der Waals surface area contributed by atoms with E-state index in [4.69, 9.17) is 0 Å². The summed E-state index contributed by atoms with van der Waals surface area (Å²) in [5.41, 5.74) is 0.898. The molecular formula is C15H21N3O2. The van der Waals surface area contributed by atoms with Crippen molar-refractivity contribution >= 4 is 11.5 Å². The molecule has 0 radical (unpaired) electrons. The minimum atomic E-state index is -0.400. The van der Waals surface area contributed by atoms with Crippen LogP contribution in [0.2, 0.25) is 0 Å². The Morgan fingerprint density at radius 1 is 1.45 bits per heavy atom. The average molecular weight is 275 g/mol. The summed E-state index contributed by atoms with van der Waals surface area (Å²) in [6.45, 7) is 4.09. The molecule has 2 fully saturated rings. The highest BCUT2D eigenvalue weighted by molar-refractivity contribution is 5.48. The largest absolute Gasteiger partial charge is 0.367 e. The molecule has 2 aliphatic rings. The molecule has 4 unspecified atom stereocenters. The van der Waals surface area contributed by atoms with Crippen LogP contribution < -0.4 is 5.32 Å². The van der Waals surface area contributed by atoms with Gasteiger partial charge in [-0.15, -0.1) is 0 Å². The lowest BCUT2D eigenvalue weighted by atomic mass is 9.84. The topological polar surface area (TPSA) is 68.1 Å². The Hall–Kier alpha value is -1.65. The number of hydrogen-bond donors (Lipinski definition) is 1. The van der Waals surface area contributed by atoms with Crippen molar-refractivity contribution in [3.8, 4) is 0 Å². The van der Waals surface area contributed by atoms with E-state index in [1.807, 2.05) is 6.92 Å². The van der Waals surface area contributed by atoms with Gasteiger partial charge in [-0.1, -0.05) is 6.42 Å². The fourth-order valence-corrected chi connectivity index (χ4v) is 4.04. The summed E-state index contributed by atoms with van der Waals surface area (Å²) in [6, 6.07) is 1.97. The third-order valence-corrected chi connectivity index (χ3v) is 5.07. The summed E-state index contributed by atoms with van der Waals surface area (Å²) in [5, 5.41) is 14.2. The second kappa shape index (κ2) is 5.04. The first kappa shape index (κ1) is 13.3. The molecule has 5 heteroatoms. The van der Waals surface area contributed by atoms with Gasteiger partial charge in [0.25, 0.3) is 5.69 Å². The molecular weight excluding hydrogens is 254 g/mol. The zero-order chi connectivity index (χ0) is 14.3. The fraction of sp³-hybridized carbons (Fsp3) is 0.667. The van der Waals surface area contributed by atoms with E-state index in [2.05, 4.69) is 17.2 Å². The predicted molar refractivity (Wildman–Crippen MR) is 77.7 cm³/mol. The fourth-order valence-electron chi connectivity index (χ4n) is 4.04. The molecule has 3 rings (SSSR count). The summed E-state index contributed by atoms with van der Waals surface area (Å²) in [6.07, 6.45) is 6.83. The third-order valence-electron chi connectivity index (χ3n) is 5.07. The SMILES string of the molecule is Cc1cc([N+](=O)[O-])cnc1NC(C)C1CC2CCC1C2. The van der Waals surface area contributed by atoms with Crippen LogP contribution in [0.5, 0.6) is 0 Å². The van der Waals surface area contributed by atoms with Crippen LogP contribution in [0.15, 0.2) is 12.3 Å². The van der Waals surface area contributed by atoms with Crippen molar-refractivity contribution in [2.75, 3.05) is 5.32 Å². The number of pyridine rings is 1. The van der Waals surface area contributed by atoms with Gasteiger partial charge in [0.15, 0.2) is 0 Å². The molecule has 2 aliphatic carbocycles. The number of fused-ring (bicyclic) bond motifs is 2. The zero-order valence-corrected chi connectivity index (χ0v) is 12.0. The Morgan fingerprint density at radius 3 is 2.80 bits per heavy atom. The number of nitrogens with one attached hydrogen (secondary N) is 1. The molecule has 1 aromatic heterocycles. The molecule has 0 aliphatic heterocycles. The van der Waals surface area contributed by atoms with Crippen LogP contribution in [0.1, 0.15) is 38.2 Å². The molecule has 0 amide bonds. The van der Waals surface area contributed by atoms with Gasteiger partial charge in [-0.05, 0) is 56.4 Å². The molecule has 0 spiro atoms. The van der Waals surface area contributed by atoms with Crippen molar-refractivity contribution in [2.45, 2.75) is 45.6 Å². The van der Waals surface area contributed by atoms with Crippen LogP contribution in [0.25, 0.3) is 0 Å². The summed E-state index contributed by atoms with van der Waals surface area (Å²) in [7, 11) is 0. The molecule has 2 saturated carbocycles. The van der Waals surface area contributed by atoms with Gasteiger partial charge in [0, 0.05) is 12.1 Å². The van der Waals surface area contributed by atoms with Crippen LogP contribution in [-0.2, 0) is 0 Å². The minimum absolute atomic E-state index is 0.0561. The van der Waals surface area contributed by atoms with Crippen molar-refractivity contribution in [1.29, 1.82) is 0 Å². The summed E-state index contributed by atoms with van der Waals surface area (Å²) >= 11 is 0. The highest BCUT2D eigenvalue weighted by atomic mass is 16.6. The van der Waals surface area contributed by atoms with E-state index in [1.165, 1.54) is 31.9 Å². The van der Waals surface area contributed by atoms with E-state index >= 15 is 0 Å². The molecule has 1 aromatic rings. The van der Waals surface area contributed by atoms with E-state index in [9.17, 15) is 10.1 Å². The Bertz CT molecular complexity index is 532. The Labute approximate surface area is 118 Å². The molecule has 108 valence electrons. The number of aryl methyl sites for hydroxylation is 1. The van der Waals surface area contributed by atoms with E-state index < -0.39 is 4.92 Å². The van der Waals surface area contributed by atoms with Gasteiger partial charge in [0.2, 0.25) is 0 Å². The smallest absolute Gasteiger partial charge is 0.287 e. The van der Waals surface area contributed by atoms with Crippen LogP contribution in [0.4, 0.5) is 11.5 Å². The normalized spacial score (nSPS) is 29.4. The quantitative estimate of drug-likeness (QED) is 0.674. The van der Waals surface area contributed by atoms with Crippen LogP contribution in [0.3, 0.4) is 0 Å². The van der Waals surface area contributed by atoms with Crippen molar-refractivity contribution in [2.24, 2.45) is 17.8 Å². The van der Waals surface area contributed by atoms with Gasteiger partial charge < -0.3 is 5.32 Å². The average Bonchev–Trinajstić information content (AvgIpc) is 3.03. The Balaban J connectivity index is 1.70. The molecule has 2 bridgehead atoms. The lowest BCUT2D eigenvalue weighted by Crippen LogP contribution is -2.30. The first-order valence-corrected chi connectivity index (χ1v) is 7.42. The molecule has 5 nitrogen and oxygen atoms in total. The second-order valence-corrected chi connectivity index (χ2v) is 6.39. The molecule has 20 heavy (non-hydrogen) atoms. The van der Waals surface area contributed by atoms with Crippen LogP contribution in [-0.4, -0.2) is 15.9 Å². The Kier molecular flexibility index (Phi) is 3.36. The highest BCUT2D eigenvalue weighted by Gasteiger charge is 2.41. The maximum Gasteiger partial charge on any atom is 0.287 e. The summed E-state index contributed by atoms with van der Waals surface area (Å²) < 4.78 is 0. The van der Waals surface area contributed by atoms with Crippen molar-refractivity contribution in [3.05, 3.63) is 27.9 Å². The van der Waals surface area contributed by atoms with E-state index in [1.54, 1.807) is 6.07 Å². The second-order valence-electron chi connectivity index (χ2n) is 6.39. The van der Waals surface area contributed by atoms with Crippen molar-refractivity contribution in [1.82, 2.24) is 4.98 Å². The molecule has 0 aromatic carbocycles. The van der Waals surface area contributed by atoms with E-state index in [0.29, 0.717) is 6.04 Å². The zero-order valence-electron chi connectivity index (χ0n) is 12.0. The van der Waals surface area contributed by atoms with Gasteiger partial charge in [-0.2, -0.15) is 0 Å². The monoisotopic (exact) mass is 275 g/mol. The van der Waals surface area contributed by atoms with Crippen molar-refractivity contribution in [3.63, 3.8) is 0 Å².